The number of amides is 1. The summed E-state index contributed by atoms with van der Waals surface area (Å²) in [5.41, 5.74) is 4.23. The highest BCUT2D eigenvalue weighted by molar-refractivity contribution is 5.94. The number of carbonyl (C=O) groups excluding carboxylic acids is 1. The van der Waals surface area contributed by atoms with Crippen LogP contribution in [0.4, 0.5) is 17.6 Å². The van der Waals surface area contributed by atoms with Crippen molar-refractivity contribution in [3.8, 4) is 22.4 Å². The minimum Gasteiger partial charge on any atom is -0.336 e. The van der Waals surface area contributed by atoms with E-state index < -0.39 is 11.7 Å². The summed E-state index contributed by atoms with van der Waals surface area (Å²) >= 11 is 0. The number of imidazole rings is 1. The van der Waals surface area contributed by atoms with Gasteiger partial charge in [0.25, 0.3) is 5.91 Å². The number of hydrogen-bond donors (Lipinski definition) is 0. The first-order chi connectivity index (χ1) is 19.8. The minimum absolute atomic E-state index is 0.129. The van der Waals surface area contributed by atoms with Gasteiger partial charge in [-0.1, -0.05) is 42.5 Å². The van der Waals surface area contributed by atoms with Crippen molar-refractivity contribution in [2.24, 2.45) is 0 Å². The van der Waals surface area contributed by atoms with Crippen molar-refractivity contribution >= 4 is 11.6 Å². The first kappa shape index (κ1) is 26.7. The molecule has 1 saturated heterocycles. The molecule has 1 amide bonds. The Balaban J connectivity index is 1.30. The summed E-state index contributed by atoms with van der Waals surface area (Å²) in [6.45, 7) is 2.83. The quantitative estimate of drug-likeness (QED) is 0.223. The van der Waals surface area contributed by atoms with Gasteiger partial charge in [0.15, 0.2) is 0 Å². The van der Waals surface area contributed by atoms with E-state index in [1.54, 1.807) is 17.0 Å². The van der Waals surface area contributed by atoms with Crippen molar-refractivity contribution in [2.45, 2.75) is 12.7 Å². The van der Waals surface area contributed by atoms with Gasteiger partial charge < -0.3 is 9.30 Å². The molecule has 0 radical (unpaired) electrons. The van der Waals surface area contributed by atoms with Crippen molar-refractivity contribution < 1.29 is 22.4 Å². The molecule has 0 bridgehead atoms. The van der Waals surface area contributed by atoms with Gasteiger partial charge in [-0.3, -0.25) is 9.69 Å². The maximum Gasteiger partial charge on any atom is 0.416 e. The van der Waals surface area contributed by atoms with Crippen molar-refractivity contribution in [3.63, 3.8) is 0 Å². The highest BCUT2D eigenvalue weighted by Gasteiger charge is 2.30. The summed E-state index contributed by atoms with van der Waals surface area (Å²) in [6.07, 6.45) is -2.59. The lowest BCUT2D eigenvalue weighted by Gasteiger charge is -2.34. The molecule has 9 heteroatoms. The average Bonchev–Trinajstić information content (AvgIpc) is 3.35. The molecular formula is C32H26F4N4O. The zero-order chi connectivity index (χ0) is 28.6. The standard InChI is InChI=1S/C32H26F4N4O/c33-27-12-9-23(10-13-27)31(41)39-17-15-38(16-18-39)21-28-30(22-5-2-1-3-6-22)37-29-14-11-25(20-40(28)29)24-7-4-8-26(19-24)32(34,35)36/h1-14,19-20H,15-18,21H2. The summed E-state index contributed by atoms with van der Waals surface area (Å²) in [5.74, 6) is -0.514. The molecule has 5 aromatic rings. The zero-order valence-corrected chi connectivity index (χ0v) is 22.0. The van der Waals surface area contributed by atoms with Crippen molar-refractivity contribution in [1.29, 1.82) is 0 Å². The van der Waals surface area contributed by atoms with Crippen LogP contribution < -0.4 is 0 Å². The number of alkyl halides is 3. The number of pyridine rings is 1. The molecule has 208 valence electrons. The smallest absolute Gasteiger partial charge is 0.336 e. The van der Waals surface area contributed by atoms with Crippen molar-refractivity contribution in [2.75, 3.05) is 26.2 Å². The van der Waals surface area contributed by atoms with E-state index in [9.17, 15) is 22.4 Å². The third kappa shape index (κ3) is 5.58. The number of hydrogen-bond acceptors (Lipinski definition) is 3. The number of aromatic nitrogens is 2. The molecule has 2 aromatic heterocycles. The second-order valence-electron chi connectivity index (χ2n) is 10.1. The van der Waals surface area contributed by atoms with Crippen LogP contribution in [-0.4, -0.2) is 51.3 Å². The molecule has 0 spiro atoms. The van der Waals surface area contributed by atoms with Crippen LogP contribution in [0.15, 0.2) is 97.2 Å². The maximum atomic E-state index is 13.4. The monoisotopic (exact) mass is 558 g/mol. The Kier molecular flexibility index (Phi) is 7.05. The summed E-state index contributed by atoms with van der Waals surface area (Å²) in [4.78, 5) is 21.8. The molecule has 5 nitrogen and oxygen atoms in total. The fourth-order valence-corrected chi connectivity index (χ4v) is 5.21. The van der Waals surface area contributed by atoms with Gasteiger partial charge in [0, 0.05) is 50.0 Å². The molecular weight excluding hydrogens is 532 g/mol. The Morgan fingerprint density at radius 1 is 0.780 bits per heavy atom. The molecule has 0 N–H and O–H groups in total. The molecule has 0 atom stereocenters. The maximum absolute atomic E-state index is 13.4. The fraction of sp³-hybridized carbons (Fsp3) is 0.188. The van der Waals surface area contributed by atoms with Gasteiger partial charge >= 0.3 is 6.18 Å². The molecule has 6 rings (SSSR count). The molecule has 1 aliphatic heterocycles. The Bertz CT molecular complexity index is 1690. The number of nitrogens with zero attached hydrogens (tertiary/aromatic N) is 4. The van der Waals surface area contributed by atoms with Crippen LogP contribution in [-0.2, 0) is 12.7 Å². The van der Waals surface area contributed by atoms with Crippen LogP contribution in [0.1, 0.15) is 21.6 Å². The predicted octanol–water partition coefficient (Wildman–Crippen LogP) is 6.78. The van der Waals surface area contributed by atoms with Crippen LogP contribution in [0.2, 0.25) is 0 Å². The van der Waals surface area contributed by atoms with Gasteiger partial charge in [0.2, 0.25) is 0 Å². The number of carbonyl (C=O) groups is 1. The largest absolute Gasteiger partial charge is 0.416 e. The number of piperazine rings is 1. The highest BCUT2D eigenvalue weighted by Crippen LogP contribution is 2.33. The number of halogens is 4. The van der Waals surface area contributed by atoms with Gasteiger partial charge in [-0.05, 0) is 59.7 Å². The van der Waals surface area contributed by atoms with E-state index in [0.29, 0.717) is 55.1 Å². The number of fused-ring (bicyclic) bond motifs is 1. The third-order valence-electron chi connectivity index (χ3n) is 7.41. The van der Waals surface area contributed by atoms with Gasteiger partial charge in [-0.25, -0.2) is 9.37 Å². The van der Waals surface area contributed by atoms with E-state index >= 15 is 0 Å². The van der Waals surface area contributed by atoms with E-state index in [4.69, 9.17) is 4.98 Å². The van der Waals surface area contributed by atoms with E-state index in [-0.39, 0.29) is 11.7 Å². The summed E-state index contributed by atoms with van der Waals surface area (Å²) in [6, 6.07) is 24.3. The normalized spacial score (nSPS) is 14.5. The van der Waals surface area contributed by atoms with Crippen molar-refractivity contribution in [3.05, 3.63) is 120 Å². The molecule has 0 unspecified atom stereocenters. The molecule has 3 heterocycles. The minimum atomic E-state index is -4.43. The first-order valence-corrected chi connectivity index (χ1v) is 13.3. The molecule has 3 aromatic carbocycles. The summed E-state index contributed by atoms with van der Waals surface area (Å²) < 4.78 is 55.4. The van der Waals surface area contributed by atoms with Crippen LogP contribution in [0.5, 0.6) is 0 Å². The lowest BCUT2D eigenvalue weighted by molar-refractivity contribution is -0.137. The molecule has 1 fully saturated rings. The SMILES string of the molecule is O=C(c1ccc(F)cc1)N1CCN(Cc2c(-c3ccccc3)nc3ccc(-c4cccc(C(F)(F)F)c4)cn23)CC1. The lowest BCUT2D eigenvalue weighted by atomic mass is 10.0. The van der Waals surface area contributed by atoms with Crippen LogP contribution in [0.25, 0.3) is 28.0 Å². The summed E-state index contributed by atoms with van der Waals surface area (Å²) in [7, 11) is 0. The van der Waals surface area contributed by atoms with Crippen molar-refractivity contribution in [1.82, 2.24) is 19.2 Å². The highest BCUT2D eigenvalue weighted by atomic mass is 19.4. The Hall–Kier alpha value is -4.50. The number of rotatable bonds is 5. The molecule has 0 aliphatic carbocycles. The van der Waals surface area contributed by atoms with Gasteiger partial charge in [-0.15, -0.1) is 0 Å². The van der Waals surface area contributed by atoms with E-state index in [1.165, 1.54) is 30.3 Å². The van der Waals surface area contributed by atoms with Gasteiger partial charge in [0.05, 0.1) is 17.0 Å². The second kappa shape index (κ2) is 10.8. The first-order valence-electron chi connectivity index (χ1n) is 13.3. The van der Waals surface area contributed by atoms with Gasteiger partial charge in [0.1, 0.15) is 11.5 Å². The molecule has 1 aliphatic rings. The molecule has 41 heavy (non-hydrogen) atoms. The predicted molar refractivity (Wildman–Crippen MR) is 149 cm³/mol. The van der Waals surface area contributed by atoms with Crippen LogP contribution in [0.3, 0.4) is 0 Å². The number of benzene rings is 3. The van der Waals surface area contributed by atoms with E-state index in [0.717, 1.165) is 29.1 Å². The topological polar surface area (TPSA) is 40.9 Å². The Morgan fingerprint density at radius 2 is 1.49 bits per heavy atom. The van der Waals surface area contributed by atoms with E-state index in [2.05, 4.69) is 4.90 Å². The van der Waals surface area contributed by atoms with Crippen LogP contribution >= 0.6 is 0 Å². The van der Waals surface area contributed by atoms with Crippen LogP contribution in [0, 0.1) is 5.82 Å². The fourth-order valence-electron chi connectivity index (χ4n) is 5.21. The lowest BCUT2D eigenvalue weighted by Crippen LogP contribution is -2.48. The zero-order valence-electron chi connectivity index (χ0n) is 22.0. The Morgan fingerprint density at radius 3 is 2.20 bits per heavy atom. The Labute approximate surface area is 234 Å². The second-order valence-corrected chi connectivity index (χ2v) is 10.1. The van der Waals surface area contributed by atoms with Gasteiger partial charge in [-0.2, -0.15) is 13.2 Å². The summed E-state index contributed by atoms with van der Waals surface area (Å²) in [5, 5.41) is 0. The third-order valence-corrected chi connectivity index (χ3v) is 7.41. The van der Waals surface area contributed by atoms with E-state index in [1.807, 2.05) is 47.0 Å². The molecule has 0 saturated carbocycles. The average molecular weight is 559 g/mol.